The molecule has 1 aliphatic rings. The van der Waals surface area contributed by atoms with E-state index in [1.807, 2.05) is 18.2 Å². The summed E-state index contributed by atoms with van der Waals surface area (Å²) in [5, 5.41) is 5.07. The Balaban J connectivity index is 1.84. The van der Waals surface area contributed by atoms with Gasteiger partial charge in [-0.05, 0) is 56.3 Å². The van der Waals surface area contributed by atoms with E-state index in [2.05, 4.69) is 12.2 Å². The van der Waals surface area contributed by atoms with Gasteiger partial charge in [0.1, 0.15) is 0 Å². The third-order valence-corrected chi connectivity index (χ3v) is 3.94. The molecule has 3 heteroatoms. The maximum atomic E-state index is 6.11. The molecule has 16 heavy (non-hydrogen) atoms. The molecule has 1 saturated carbocycles. The Labute approximate surface area is 107 Å². The van der Waals surface area contributed by atoms with E-state index in [0.29, 0.717) is 6.04 Å². The van der Waals surface area contributed by atoms with Crippen LogP contribution in [-0.4, -0.2) is 12.6 Å². The monoisotopic (exact) mass is 257 g/mol. The highest BCUT2D eigenvalue weighted by molar-refractivity contribution is 6.35. The molecule has 1 fully saturated rings. The van der Waals surface area contributed by atoms with Crippen LogP contribution >= 0.6 is 23.2 Å². The second-order valence-corrected chi connectivity index (χ2v) is 5.34. The smallest absolute Gasteiger partial charge is 0.0453 e. The number of halogens is 2. The molecule has 0 heterocycles. The molecule has 88 valence electrons. The molecule has 0 aliphatic heterocycles. The topological polar surface area (TPSA) is 12.0 Å². The van der Waals surface area contributed by atoms with Gasteiger partial charge in [0.15, 0.2) is 0 Å². The summed E-state index contributed by atoms with van der Waals surface area (Å²) in [7, 11) is 0. The fraction of sp³-hybridized carbons (Fsp3) is 0.538. The molecule has 1 N–H and O–H groups in total. The lowest BCUT2D eigenvalue weighted by atomic mass is 10.1. The van der Waals surface area contributed by atoms with E-state index in [9.17, 15) is 0 Å². The minimum absolute atomic E-state index is 0.626. The standard InChI is InChI=1S/C13H17Cl2N/c1-9(10-5-6-10)16-8-7-11-12(14)3-2-4-13(11)15/h2-4,9-10,16H,5-8H2,1H3. The Bertz CT molecular complexity index is 341. The lowest BCUT2D eigenvalue weighted by molar-refractivity contribution is 0.500. The van der Waals surface area contributed by atoms with Crippen LogP contribution in [0.15, 0.2) is 18.2 Å². The van der Waals surface area contributed by atoms with Crippen LogP contribution in [0.4, 0.5) is 0 Å². The Kier molecular flexibility index (Phi) is 4.12. The van der Waals surface area contributed by atoms with Crippen LogP contribution in [0, 0.1) is 5.92 Å². The first-order chi connectivity index (χ1) is 7.68. The van der Waals surface area contributed by atoms with Gasteiger partial charge < -0.3 is 5.32 Å². The fourth-order valence-electron chi connectivity index (χ4n) is 1.96. The van der Waals surface area contributed by atoms with E-state index in [4.69, 9.17) is 23.2 Å². The number of hydrogen-bond acceptors (Lipinski definition) is 1. The summed E-state index contributed by atoms with van der Waals surface area (Å²) >= 11 is 12.2. The molecule has 1 aromatic carbocycles. The number of nitrogens with one attached hydrogen (secondary N) is 1. The lowest BCUT2D eigenvalue weighted by Crippen LogP contribution is -2.29. The molecule has 0 radical (unpaired) electrons. The molecule has 0 spiro atoms. The van der Waals surface area contributed by atoms with Crippen LogP contribution in [0.5, 0.6) is 0 Å². The summed E-state index contributed by atoms with van der Waals surface area (Å²) in [5.74, 6) is 0.890. The van der Waals surface area contributed by atoms with Crippen molar-refractivity contribution in [3.63, 3.8) is 0 Å². The van der Waals surface area contributed by atoms with Gasteiger partial charge in [-0.1, -0.05) is 29.3 Å². The van der Waals surface area contributed by atoms with Crippen LogP contribution in [0.25, 0.3) is 0 Å². The van der Waals surface area contributed by atoms with Crippen molar-refractivity contribution in [2.24, 2.45) is 5.92 Å². The number of hydrogen-bond donors (Lipinski definition) is 1. The van der Waals surface area contributed by atoms with Crippen molar-refractivity contribution in [2.75, 3.05) is 6.54 Å². The van der Waals surface area contributed by atoms with E-state index < -0.39 is 0 Å². The molecule has 1 unspecified atom stereocenters. The maximum Gasteiger partial charge on any atom is 0.0453 e. The van der Waals surface area contributed by atoms with Gasteiger partial charge in [0.05, 0.1) is 0 Å². The van der Waals surface area contributed by atoms with Gasteiger partial charge in [0, 0.05) is 16.1 Å². The quantitative estimate of drug-likeness (QED) is 0.843. The molecular weight excluding hydrogens is 241 g/mol. The van der Waals surface area contributed by atoms with Crippen molar-refractivity contribution in [1.82, 2.24) is 5.32 Å². The summed E-state index contributed by atoms with van der Waals surface area (Å²) in [6.45, 7) is 3.20. The summed E-state index contributed by atoms with van der Waals surface area (Å²) < 4.78 is 0. The predicted octanol–water partition coefficient (Wildman–Crippen LogP) is 3.92. The van der Waals surface area contributed by atoms with Crippen LogP contribution < -0.4 is 5.32 Å². The second kappa shape index (κ2) is 5.39. The molecule has 0 saturated heterocycles. The van der Waals surface area contributed by atoms with E-state index in [1.165, 1.54) is 12.8 Å². The van der Waals surface area contributed by atoms with Crippen molar-refractivity contribution in [3.05, 3.63) is 33.8 Å². The van der Waals surface area contributed by atoms with Crippen molar-refractivity contribution in [3.8, 4) is 0 Å². The maximum absolute atomic E-state index is 6.11. The Morgan fingerprint density at radius 2 is 1.94 bits per heavy atom. The van der Waals surface area contributed by atoms with Crippen LogP contribution in [-0.2, 0) is 6.42 Å². The summed E-state index contributed by atoms with van der Waals surface area (Å²) in [4.78, 5) is 0. The zero-order valence-corrected chi connectivity index (χ0v) is 11.0. The largest absolute Gasteiger partial charge is 0.314 e. The molecule has 1 aromatic rings. The van der Waals surface area contributed by atoms with E-state index in [-0.39, 0.29) is 0 Å². The highest BCUT2D eigenvalue weighted by Crippen LogP contribution is 2.32. The summed E-state index contributed by atoms with van der Waals surface area (Å²) in [6.07, 6.45) is 3.65. The zero-order chi connectivity index (χ0) is 11.5. The van der Waals surface area contributed by atoms with Gasteiger partial charge >= 0.3 is 0 Å². The summed E-state index contributed by atoms with van der Waals surface area (Å²) in [6, 6.07) is 6.30. The average molecular weight is 258 g/mol. The molecule has 1 aliphatic carbocycles. The third kappa shape index (κ3) is 3.13. The van der Waals surface area contributed by atoms with Crippen molar-refractivity contribution < 1.29 is 0 Å². The first-order valence-electron chi connectivity index (χ1n) is 5.84. The van der Waals surface area contributed by atoms with Gasteiger partial charge in [0.2, 0.25) is 0 Å². The highest BCUT2D eigenvalue weighted by atomic mass is 35.5. The van der Waals surface area contributed by atoms with Crippen molar-refractivity contribution in [1.29, 1.82) is 0 Å². The Hall–Kier alpha value is -0.240. The van der Waals surface area contributed by atoms with Gasteiger partial charge in [-0.3, -0.25) is 0 Å². The second-order valence-electron chi connectivity index (χ2n) is 4.53. The lowest BCUT2D eigenvalue weighted by Gasteiger charge is -2.13. The van der Waals surface area contributed by atoms with Gasteiger partial charge in [-0.25, -0.2) is 0 Å². The molecular formula is C13H17Cl2N. The third-order valence-electron chi connectivity index (χ3n) is 3.23. The van der Waals surface area contributed by atoms with E-state index >= 15 is 0 Å². The molecule has 0 amide bonds. The number of benzene rings is 1. The molecule has 0 aromatic heterocycles. The predicted molar refractivity (Wildman–Crippen MR) is 70.4 cm³/mol. The molecule has 0 bridgehead atoms. The first-order valence-corrected chi connectivity index (χ1v) is 6.60. The molecule has 2 rings (SSSR count). The number of rotatable bonds is 5. The van der Waals surface area contributed by atoms with Crippen LogP contribution in [0.1, 0.15) is 25.3 Å². The normalized spacial score (nSPS) is 17.4. The summed E-state index contributed by atoms with van der Waals surface area (Å²) in [5.41, 5.74) is 1.06. The van der Waals surface area contributed by atoms with E-state index in [0.717, 1.165) is 34.5 Å². The highest BCUT2D eigenvalue weighted by Gasteiger charge is 2.27. The first kappa shape index (κ1) is 12.2. The fourth-order valence-corrected chi connectivity index (χ4v) is 2.55. The minimum atomic E-state index is 0.626. The van der Waals surface area contributed by atoms with Gasteiger partial charge in [-0.2, -0.15) is 0 Å². The SMILES string of the molecule is CC(NCCc1c(Cl)cccc1Cl)C1CC1. The van der Waals surface area contributed by atoms with Crippen molar-refractivity contribution in [2.45, 2.75) is 32.2 Å². The zero-order valence-electron chi connectivity index (χ0n) is 9.47. The Morgan fingerprint density at radius 3 is 2.50 bits per heavy atom. The van der Waals surface area contributed by atoms with Gasteiger partial charge in [0.25, 0.3) is 0 Å². The van der Waals surface area contributed by atoms with E-state index in [1.54, 1.807) is 0 Å². The molecule has 1 nitrogen and oxygen atoms in total. The van der Waals surface area contributed by atoms with Crippen LogP contribution in [0.3, 0.4) is 0 Å². The van der Waals surface area contributed by atoms with Gasteiger partial charge in [-0.15, -0.1) is 0 Å². The van der Waals surface area contributed by atoms with Crippen LogP contribution in [0.2, 0.25) is 10.0 Å². The minimum Gasteiger partial charge on any atom is -0.314 e. The average Bonchev–Trinajstić information content (AvgIpc) is 3.05. The Morgan fingerprint density at radius 1 is 1.31 bits per heavy atom. The molecule has 1 atom stereocenters. The van der Waals surface area contributed by atoms with Crippen molar-refractivity contribution >= 4 is 23.2 Å².